The topological polar surface area (TPSA) is 75.7 Å². The molecule has 6 heterocycles. The Morgan fingerprint density at radius 3 is 2.07 bits per heavy atom. The van der Waals surface area contributed by atoms with Gasteiger partial charge in [0.1, 0.15) is 34.2 Å². The third-order valence-corrected chi connectivity index (χ3v) is 15.3. The number of nitrogens with zero attached hydrogens (tertiary/aromatic N) is 5. The number of hydrogen-bond donors (Lipinski definition) is 0. The first-order valence-electron chi connectivity index (χ1n) is 24.5. The second-order valence-corrected chi connectivity index (χ2v) is 21.0. The molecule has 7 nitrogen and oxygen atoms in total. The van der Waals surface area contributed by atoms with Crippen molar-refractivity contribution < 1.29 is 18.0 Å². The number of imidazole rings is 1. The summed E-state index contributed by atoms with van der Waals surface area (Å²) in [4.78, 5) is 5.59. The molecule has 4 aromatic heterocycles. The van der Waals surface area contributed by atoms with Gasteiger partial charge in [-0.15, -0.1) is 0 Å². The molecule has 12 aromatic rings. The molecule has 1 spiro atoms. The van der Waals surface area contributed by atoms with Crippen molar-refractivity contribution in [3.05, 3.63) is 191 Å². The van der Waals surface area contributed by atoms with Crippen molar-refractivity contribution in [1.29, 1.82) is 5.26 Å². The smallest absolute Gasteiger partial charge is 0.335 e. The minimum Gasteiger partial charge on any atom is -0.456 e. The second-order valence-electron chi connectivity index (χ2n) is 21.0. The SMILES string of the molecule is CC(C)c1cc(-c2ccccc2)cc(C(C)C)c1-n1c2[n+](c3ccc4ccccc4c31)C1(c3ccccc3-c3nc(C(C)(C)C)cc[n+]31)c1ccc3c(oc4cc5c(cc43)oc3cc(C#N)ccc35)c1-2. The summed E-state index contributed by atoms with van der Waals surface area (Å²) >= 11 is 0. The van der Waals surface area contributed by atoms with Crippen LogP contribution in [0.1, 0.15) is 93.8 Å². The Morgan fingerprint density at radius 1 is 0.629 bits per heavy atom. The van der Waals surface area contributed by atoms with Gasteiger partial charge in [-0.1, -0.05) is 109 Å². The normalized spacial score (nSPS) is 15.1. The zero-order chi connectivity index (χ0) is 47.5. The van der Waals surface area contributed by atoms with E-state index in [0.29, 0.717) is 11.1 Å². The molecule has 7 heteroatoms. The summed E-state index contributed by atoms with van der Waals surface area (Å²) in [6.45, 7) is 16.0. The summed E-state index contributed by atoms with van der Waals surface area (Å²) in [6, 6.07) is 57.1. The number of aromatic nitrogens is 4. The van der Waals surface area contributed by atoms with Crippen LogP contribution in [-0.4, -0.2) is 9.55 Å². The molecule has 14 rings (SSSR count). The third-order valence-electron chi connectivity index (χ3n) is 15.3. The van der Waals surface area contributed by atoms with Gasteiger partial charge in [0.25, 0.3) is 0 Å². The quantitative estimate of drug-likeness (QED) is 0.165. The lowest BCUT2D eigenvalue weighted by Crippen LogP contribution is -2.71. The zero-order valence-electron chi connectivity index (χ0n) is 40.2. The highest BCUT2D eigenvalue weighted by atomic mass is 16.3. The van der Waals surface area contributed by atoms with Gasteiger partial charge in [-0.3, -0.25) is 0 Å². The minimum atomic E-state index is -0.901. The molecule has 2 aliphatic rings. The number of furan rings is 2. The Morgan fingerprint density at radius 2 is 1.31 bits per heavy atom. The van der Waals surface area contributed by atoms with Gasteiger partial charge in [-0.05, 0) is 118 Å². The van der Waals surface area contributed by atoms with Crippen molar-refractivity contribution in [2.75, 3.05) is 0 Å². The van der Waals surface area contributed by atoms with E-state index in [2.05, 4.69) is 208 Å². The van der Waals surface area contributed by atoms with E-state index in [1.807, 2.05) is 18.2 Å². The second kappa shape index (κ2) is 14.1. The maximum Gasteiger partial charge on any atom is 0.335 e. The van der Waals surface area contributed by atoms with Gasteiger partial charge in [0.2, 0.25) is 0 Å². The Bertz CT molecular complexity index is 4280. The van der Waals surface area contributed by atoms with Gasteiger partial charge in [0, 0.05) is 49.5 Å². The van der Waals surface area contributed by atoms with Crippen molar-refractivity contribution in [3.63, 3.8) is 0 Å². The molecule has 70 heavy (non-hydrogen) atoms. The average Bonchev–Trinajstić information content (AvgIpc) is 4.16. The van der Waals surface area contributed by atoms with Crippen molar-refractivity contribution in [2.45, 2.75) is 71.4 Å². The van der Waals surface area contributed by atoms with E-state index in [9.17, 15) is 5.26 Å². The number of fused-ring (bicyclic) bond motifs is 21. The van der Waals surface area contributed by atoms with Crippen LogP contribution >= 0.6 is 0 Å². The maximum atomic E-state index is 9.71. The van der Waals surface area contributed by atoms with Crippen LogP contribution < -0.4 is 9.13 Å². The fourth-order valence-electron chi connectivity index (χ4n) is 12.1. The lowest BCUT2D eigenvalue weighted by molar-refractivity contribution is -0.945. The van der Waals surface area contributed by atoms with Crippen molar-refractivity contribution >= 4 is 65.7 Å². The van der Waals surface area contributed by atoms with E-state index in [1.54, 1.807) is 0 Å². The fraction of sp³-hybridized carbons (Fsp3) is 0.175. The van der Waals surface area contributed by atoms with Crippen LogP contribution in [0.25, 0.3) is 105 Å². The Balaban J connectivity index is 1.21. The Kier molecular flexibility index (Phi) is 8.21. The van der Waals surface area contributed by atoms with E-state index in [1.165, 1.54) is 38.7 Å². The number of rotatable bonds is 4. The van der Waals surface area contributed by atoms with Crippen molar-refractivity contribution in [1.82, 2.24) is 9.55 Å². The van der Waals surface area contributed by atoms with Crippen LogP contribution in [-0.2, 0) is 11.1 Å². The first-order chi connectivity index (χ1) is 33.9. The molecular formula is C63H49N5O2+2. The third kappa shape index (κ3) is 5.25. The first-order valence-corrected chi connectivity index (χ1v) is 24.5. The molecule has 0 amide bonds. The van der Waals surface area contributed by atoms with Crippen LogP contribution in [0.2, 0.25) is 0 Å². The van der Waals surface area contributed by atoms with Crippen molar-refractivity contribution in [3.8, 4) is 45.7 Å². The lowest BCUT2D eigenvalue weighted by atomic mass is 9.87. The zero-order valence-corrected chi connectivity index (χ0v) is 40.2. The maximum absolute atomic E-state index is 9.71. The molecule has 0 saturated heterocycles. The predicted molar refractivity (Wildman–Crippen MR) is 279 cm³/mol. The molecule has 0 fully saturated rings. The molecule has 1 unspecified atom stereocenters. The molecule has 0 N–H and O–H groups in total. The van der Waals surface area contributed by atoms with Gasteiger partial charge in [-0.2, -0.15) is 19.0 Å². The predicted octanol–water partition coefficient (Wildman–Crippen LogP) is 14.9. The lowest BCUT2D eigenvalue weighted by Gasteiger charge is -2.23. The summed E-state index contributed by atoms with van der Waals surface area (Å²) in [5.41, 5.74) is 16.4. The van der Waals surface area contributed by atoms with Gasteiger partial charge >= 0.3 is 17.3 Å². The standard InChI is InChI=1S/C63H49N5O2/c1-35(2)45-30-40(38-15-9-8-10-16-38)31-46(36(3)4)57(45)67-58-41-18-12-11-17-39(41)22-26-51(58)68-61(67)56-50(63(68)49-20-14-13-19-44(49)60-65-55(62(5,6)7)27-28-66(60)63)25-24-43-48-33-53-47(32-54(48)70-59(43)56)42-23-21-37(34-64)29-52(42)69-53/h8-33,35-36H,1-7H3/q+2. The Hall–Kier alpha value is -8.34. The summed E-state index contributed by atoms with van der Waals surface area (Å²) in [7, 11) is 0. The minimum absolute atomic E-state index is 0.170. The van der Waals surface area contributed by atoms with Gasteiger partial charge in [-0.25, -0.2) is 0 Å². The molecule has 0 bridgehead atoms. The Labute approximate surface area is 405 Å². The molecule has 336 valence electrons. The van der Waals surface area contributed by atoms with Crippen LogP contribution in [0, 0.1) is 11.3 Å². The molecule has 0 radical (unpaired) electrons. The van der Waals surface area contributed by atoms with E-state index in [0.717, 1.165) is 88.9 Å². The molecule has 1 atom stereocenters. The summed E-state index contributed by atoms with van der Waals surface area (Å²) in [5.74, 6) is 2.34. The largest absolute Gasteiger partial charge is 0.456 e. The molecule has 2 aliphatic heterocycles. The molecule has 8 aromatic carbocycles. The number of nitriles is 1. The van der Waals surface area contributed by atoms with Crippen molar-refractivity contribution in [2.24, 2.45) is 0 Å². The number of benzene rings is 8. The van der Waals surface area contributed by atoms with Crippen LogP contribution in [0.5, 0.6) is 0 Å². The monoisotopic (exact) mass is 907 g/mol. The van der Waals surface area contributed by atoms with E-state index >= 15 is 0 Å². The first kappa shape index (κ1) is 40.7. The highest BCUT2D eigenvalue weighted by molar-refractivity contribution is 6.17. The number of hydrogen-bond acceptors (Lipinski definition) is 4. The van der Waals surface area contributed by atoms with Gasteiger partial charge < -0.3 is 8.83 Å². The molecule has 0 saturated carbocycles. The van der Waals surface area contributed by atoms with E-state index in [-0.39, 0.29) is 17.3 Å². The summed E-state index contributed by atoms with van der Waals surface area (Å²) < 4.78 is 21.6. The van der Waals surface area contributed by atoms with E-state index in [4.69, 9.17) is 13.8 Å². The van der Waals surface area contributed by atoms with Gasteiger partial charge in [0.15, 0.2) is 22.3 Å². The highest BCUT2D eigenvalue weighted by Gasteiger charge is 2.65. The summed E-state index contributed by atoms with van der Waals surface area (Å²) in [5, 5.41) is 15.9. The van der Waals surface area contributed by atoms with Gasteiger partial charge in [0.05, 0.1) is 28.3 Å². The average molecular weight is 908 g/mol. The van der Waals surface area contributed by atoms with Crippen LogP contribution in [0.3, 0.4) is 0 Å². The fourth-order valence-corrected chi connectivity index (χ4v) is 12.1. The summed E-state index contributed by atoms with van der Waals surface area (Å²) in [6.07, 6.45) is 2.28. The van der Waals surface area contributed by atoms with Crippen LogP contribution in [0.15, 0.2) is 167 Å². The highest BCUT2D eigenvalue weighted by Crippen LogP contribution is 2.54. The van der Waals surface area contributed by atoms with E-state index < -0.39 is 5.66 Å². The molecule has 0 aliphatic carbocycles. The molecular weight excluding hydrogens is 859 g/mol. The van der Waals surface area contributed by atoms with Crippen LogP contribution in [0.4, 0.5) is 0 Å².